The fourth-order valence-corrected chi connectivity index (χ4v) is 1.37. The number of rotatable bonds is 4. The molecule has 0 aliphatic rings. The molecule has 0 atom stereocenters. The Hall–Kier alpha value is -0.810. The molecule has 0 heterocycles. The normalized spacial score (nSPS) is 10.0. The van der Waals surface area contributed by atoms with Crippen molar-refractivity contribution in [2.24, 2.45) is 0 Å². The lowest BCUT2D eigenvalue weighted by molar-refractivity contribution is 0.0483. The van der Waals surface area contributed by atoms with Crippen molar-refractivity contribution in [2.75, 3.05) is 21.0 Å². The minimum Gasteiger partial charge on any atom is -0.493 e. The fourth-order valence-electron chi connectivity index (χ4n) is 0.927. The van der Waals surface area contributed by atoms with Gasteiger partial charge in [0.05, 0.1) is 11.6 Å². The van der Waals surface area contributed by atoms with Crippen LogP contribution in [0.5, 0.6) is 11.5 Å². The Morgan fingerprint density at radius 2 is 2.07 bits per heavy atom. The molecule has 0 radical (unpaired) electrons. The van der Waals surface area contributed by atoms with Crippen molar-refractivity contribution >= 4 is 15.9 Å². The van der Waals surface area contributed by atoms with Crippen LogP contribution < -0.4 is 9.47 Å². The predicted molar refractivity (Wildman–Crippen MR) is 53.2 cm³/mol. The van der Waals surface area contributed by atoms with Crippen LogP contribution in [0.3, 0.4) is 0 Å². The molecular weight excluding hydrogens is 255 g/mol. The molecule has 0 amide bonds. The third-order valence-corrected chi connectivity index (χ3v) is 2.29. The van der Waals surface area contributed by atoms with Crippen molar-refractivity contribution in [3.8, 4) is 11.5 Å². The molecule has 78 valence electrons. The zero-order chi connectivity index (χ0) is 10.6. The highest BCUT2D eigenvalue weighted by Crippen LogP contribution is 2.36. The van der Waals surface area contributed by atoms with Gasteiger partial charge >= 0.3 is 0 Å². The van der Waals surface area contributed by atoms with Crippen molar-refractivity contribution in [3.63, 3.8) is 0 Å². The molecule has 0 saturated carbocycles. The zero-order valence-corrected chi connectivity index (χ0v) is 9.43. The topological polar surface area (TPSA) is 27.7 Å². The maximum Gasteiger partial charge on any atom is 0.188 e. The third kappa shape index (κ3) is 2.36. The Bertz CT molecular complexity index is 317. The number of halogens is 2. The Morgan fingerprint density at radius 1 is 1.36 bits per heavy atom. The van der Waals surface area contributed by atoms with Gasteiger partial charge in [0.2, 0.25) is 0 Å². The van der Waals surface area contributed by atoms with Gasteiger partial charge in [-0.05, 0) is 28.1 Å². The van der Waals surface area contributed by atoms with Crippen molar-refractivity contribution in [2.45, 2.75) is 0 Å². The lowest BCUT2D eigenvalue weighted by Crippen LogP contribution is -2.02. The molecule has 0 aliphatic carbocycles. The van der Waals surface area contributed by atoms with E-state index in [-0.39, 0.29) is 11.3 Å². The van der Waals surface area contributed by atoms with Gasteiger partial charge in [-0.3, -0.25) is 0 Å². The fraction of sp³-hybridized carbons (Fsp3) is 0.333. The summed E-state index contributed by atoms with van der Waals surface area (Å²) >= 11 is 3.07. The van der Waals surface area contributed by atoms with E-state index in [1.807, 2.05) is 0 Å². The average molecular weight is 265 g/mol. The number of ether oxygens (including phenoxy) is 3. The van der Waals surface area contributed by atoms with Crippen LogP contribution in [-0.4, -0.2) is 21.0 Å². The molecule has 0 bridgehead atoms. The predicted octanol–water partition coefficient (Wildman–Crippen LogP) is 2.58. The van der Waals surface area contributed by atoms with Crippen LogP contribution in [0.4, 0.5) is 4.39 Å². The Balaban J connectivity index is 3.01. The first-order valence-corrected chi connectivity index (χ1v) is 4.63. The second kappa shape index (κ2) is 5.17. The van der Waals surface area contributed by atoms with Gasteiger partial charge in [0.1, 0.15) is 5.82 Å². The molecular formula is C9H10BrFO3. The van der Waals surface area contributed by atoms with E-state index in [0.717, 1.165) is 0 Å². The van der Waals surface area contributed by atoms with Crippen molar-refractivity contribution < 1.29 is 18.6 Å². The van der Waals surface area contributed by atoms with Gasteiger partial charge in [0, 0.05) is 7.11 Å². The summed E-state index contributed by atoms with van der Waals surface area (Å²) in [5.41, 5.74) is 0. The molecule has 0 aliphatic heterocycles. The Morgan fingerprint density at radius 3 is 2.64 bits per heavy atom. The summed E-state index contributed by atoms with van der Waals surface area (Å²) in [4.78, 5) is 0. The van der Waals surface area contributed by atoms with E-state index in [1.165, 1.54) is 26.4 Å². The van der Waals surface area contributed by atoms with Crippen molar-refractivity contribution in [1.82, 2.24) is 0 Å². The van der Waals surface area contributed by atoms with E-state index < -0.39 is 5.82 Å². The minimum absolute atomic E-state index is 0.0401. The second-order valence-corrected chi connectivity index (χ2v) is 3.24. The van der Waals surface area contributed by atoms with Crippen LogP contribution >= 0.6 is 15.9 Å². The van der Waals surface area contributed by atoms with Gasteiger partial charge in [0.15, 0.2) is 18.3 Å². The van der Waals surface area contributed by atoms with E-state index in [4.69, 9.17) is 14.2 Å². The summed E-state index contributed by atoms with van der Waals surface area (Å²) in [5.74, 6) is 0.349. The highest BCUT2D eigenvalue weighted by Gasteiger charge is 2.13. The third-order valence-electron chi connectivity index (χ3n) is 1.55. The zero-order valence-electron chi connectivity index (χ0n) is 7.84. The highest BCUT2D eigenvalue weighted by molar-refractivity contribution is 9.10. The smallest absolute Gasteiger partial charge is 0.188 e. The lowest BCUT2D eigenvalue weighted by atomic mass is 10.3. The van der Waals surface area contributed by atoms with Gasteiger partial charge in [0.25, 0.3) is 0 Å². The van der Waals surface area contributed by atoms with Gasteiger partial charge in [-0.1, -0.05) is 0 Å². The van der Waals surface area contributed by atoms with Crippen LogP contribution in [0.2, 0.25) is 0 Å². The van der Waals surface area contributed by atoms with Crippen LogP contribution in [0.15, 0.2) is 16.6 Å². The molecule has 1 rings (SSSR count). The largest absolute Gasteiger partial charge is 0.493 e. The number of methoxy groups -OCH3 is 2. The molecule has 14 heavy (non-hydrogen) atoms. The maximum atomic E-state index is 13.1. The first-order valence-electron chi connectivity index (χ1n) is 3.84. The average Bonchev–Trinajstić information content (AvgIpc) is 2.20. The summed E-state index contributed by atoms with van der Waals surface area (Å²) in [5, 5.41) is 0. The molecule has 1 aromatic carbocycles. The standard InChI is InChI=1S/C9H10BrFO3/c1-12-5-14-9-7(13-2)4-3-6(11)8(9)10/h3-4H,5H2,1-2H3. The van der Waals surface area contributed by atoms with Gasteiger partial charge < -0.3 is 14.2 Å². The minimum atomic E-state index is -0.406. The molecule has 5 heteroatoms. The molecule has 1 aromatic rings. The lowest BCUT2D eigenvalue weighted by Gasteiger charge is -2.11. The maximum absolute atomic E-state index is 13.1. The number of hydrogen-bond acceptors (Lipinski definition) is 3. The first kappa shape index (κ1) is 11.3. The quantitative estimate of drug-likeness (QED) is 0.783. The molecule has 0 N–H and O–H groups in total. The number of hydrogen-bond donors (Lipinski definition) is 0. The van der Waals surface area contributed by atoms with Crippen molar-refractivity contribution in [3.05, 3.63) is 22.4 Å². The Kier molecular flexibility index (Phi) is 4.16. The monoisotopic (exact) mass is 264 g/mol. The van der Waals surface area contributed by atoms with E-state index >= 15 is 0 Å². The summed E-state index contributed by atoms with van der Waals surface area (Å²) < 4.78 is 28.2. The summed E-state index contributed by atoms with van der Waals surface area (Å²) in [6, 6.07) is 2.79. The van der Waals surface area contributed by atoms with Crippen LogP contribution in [-0.2, 0) is 4.74 Å². The van der Waals surface area contributed by atoms with Crippen LogP contribution in [0, 0.1) is 5.82 Å². The van der Waals surface area contributed by atoms with Crippen molar-refractivity contribution in [1.29, 1.82) is 0 Å². The number of benzene rings is 1. The first-order chi connectivity index (χ1) is 6.70. The molecule has 0 fully saturated rings. The molecule has 0 aromatic heterocycles. The molecule has 3 nitrogen and oxygen atoms in total. The van der Waals surface area contributed by atoms with E-state index in [2.05, 4.69) is 15.9 Å². The SMILES string of the molecule is COCOc1c(OC)ccc(F)c1Br. The molecule has 0 spiro atoms. The summed E-state index contributed by atoms with van der Waals surface area (Å²) in [6.45, 7) is 0.0401. The Labute approximate surface area is 89.9 Å². The molecule has 0 unspecified atom stereocenters. The second-order valence-electron chi connectivity index (χ2n) is 2.44. The van der Waals surface area contributed by atoms with Gasteiger partial charge in [-0.15, -0.1) is 0 Å². The van der Waals surface area contributed by atoms with Gasteiger partial charge in [-0.25, -0.2) is 4.39 Å². The summed E-state index contributed by atoms with van der Waals surface area (Å²) in [6.07, 6.45) is 0. The van der Waals surface area contributed by atoms with E-state index in [1.54, 1.807) is 0 Å². The highest BCUT2D eigenvalue weighted by atomic mass is 79.9. The van der Waals surface area contributed by atoms with E-state index in [0.29, 0.717) is 11.5 Å². The van der Waals surface area contributed by atoms with Crippen LogP contribution in [0.25, 0.3) is 0 Å². The van der Waals surface area contributed by atoms with Gasteiger partial charge in [-0.2, -0.15) is 0 Å². The van der Waals surface area contributed by atoms with Crippen LogP contribution in [0.1, 0.15) is 0 Å². The van der Waals surface area contributed by atoms with E-state index in [9.17, 15) is 4.39 Å². The molecule has 0 saturated heterocycles. The summed E-state index contributed by atoms with van der Waals surface area (Å²) in [7, 11) is 2.97.